The minimum atomic E-state index is -0.536. The van der Waals surface area contributed by atoms with Crippen molar-refractivity contribution in [2.24, 2.45) is 0 Å². The van der Waals surface area contributed by atoms with E-state index in [1.54, 1.807) is 6.92 Å². The molecule has 2 nitrogen and oxygen atoms in total. The summed E-state index contributed by atoms with van der Waals surface area (Å²) in [5.41, 5.74) is 3.05. The summed E-state index contributed by atoms with van der Waals surface area (Å²) in [5.74, 6) is 1.55. The zero-order valence-corrected chi connectivity index (χ0v) is 11.0. The zero-order chi connectivity index (χ0) is 13.1. The Bertz CT molecular complexity index is 545. The molecular formula is C16H18O2. The van der Waals surface area contributed by atoms with Crippen molar-refractivity contribution < 1.29 is 9.84 Å². The van der Waals surface area contributed by atoms with Crippen LogP contribution in [0.15, 0.2) is 42.5 Å². The van der Waals surface area contributed by atoms with Gasteiger partial charge in [-0.05, 0) is 44.0 Å². The molecule has 1 N–H and O–H groups in total. The highest BCUT2D eigenvalue weighted by atomic mass is 16.5. The second-order valence-electron chi connectivity index (χ2n) is 4.58. The number of aryl methyl sites for hydroxylation is 2. The number of benzene rings is 2. The second kappa shape index (κ2) is 5.23. The summed E-state index contributed by atoms with van der Waals surface area (Å²) >= 11 is 0. The van der Waals surface area contributed by atoms with Crippen molar-refractivity contribution in [3.63, 3.8) is 0 Å². The predicted molar refractivity (Wildman–Crippen MR) is 73.1 cm³/mol. The van der Waals surface area contributed by atoms with Gasteiger partial charge in [0.05, 0.1) is 6.10 Å². The van der Waals surface area contributed by atoms with Crippen LogP contribution < -0.4 is 4.74 Å². The van der Waals surface area contributed by atoms with Crippen molar-refractivity contribution in [1.29, 1.82) is 0 Å². The fourth-order valence-electron chi connectivity index (χ4n) is 1.85. The fraction of sp³-hybridized carbons (Fsp3) is 0.250. The van der Waals surface area contributed by atoms with Crippen molar-refractivity contribution in [3.05, 3.63) is 59.2 Å². The van der Waals surface area contributed by atoms with Gasteiger partial charge in [-0.1, -0.05) is 30.3 Å². The van der Waals surface area contributed by atoms with Crippen LogP contribution in [0, 0.1) is 13.8 Å². The molecule has 0 radical (unpaired) electrons. The highest BCUT2D eigenvalue weighted by molar-refractivity contribution is 5.43. The van der Waals surface area contributed by atoms with E-state index in [2.05, 4.69) is 6.07 Å². The Hall–Kier alpha value is -1.80. The third kappa shape index (κ3) is 2.71. The number of aliphatic hydroxyl groups excluding tert-OH is 1. The molecule has 0 bridgehead atoms. The third-order valence-corrected chi connectivity index (χ3v) is 2.93. The summed E-state index contributed by atoms with van der Waals surface area (Å²) in [5, 5.41) is 9.73. The van der Waals surface area contributed by atoms with Crippen molar-refractivity contribution in [3.8, 4) is 11.5 Å². The van der Waals surface area contributed by atoms with Gasteiger partial charge in [0.1, 0.15) is 11.5 Å². The number of hydrogen-bond acceptors (Lipinski definition) is 2. The molecule has 2 rings (SSSR count). The zero-order valence-electron chi connectivity index (χ0n) is 11.0. The average Bonchev–Trinajstić information content (AvgIpc) is 2.34. The number of hydrogen-bond donors (Lipinski definition) is 1. The minimum Gasteiger partial charge on any atom is -0.457 e. The summed E-state index contributed by atoms with van der Waals surface area (Å²) in [6, 6.07) is 13.7. The largest absolute Gasteiger partial charge is 0.457 e. The van der Waals surface area contributed by atoms with Crippen LogP contribution in [0.1, 0.15) is 29.7 Å². The molecule has 0 saturated heterocycles. The first-order valence-corrected chi connectivity index (χ1v) is 6.10. The summed E-state index contributed by atoms with van der Waals surface area (Å²) in [6.07, 6.45) is -0.536. The molecule has 0 fully saturated rings. The van der Waals surface area contributed by atoms with Crippen molar-refractivity contribution >= 4 is 0 Å². The number of para-hydroxylation sites is 1. The highest BCUT2D eigenvalue weighted by Crippen LogP contribution is 2.31. The molecular weight excluding hydrogens is 224 g/mol. The van der Waals surface area contributed by atoms with E-state index in [0.29, 0.717) is 5.75 Å². The van der Waals surface area contributed by atoms with Gasteiger partial charge < -0.3 is 9.84 Å². The lowest BCUT2D eigenvalue weighted by molar-refractivity contribution is 0.195. The van der Waals surface area contributed by atoms with E-state index < -0.39 is 6.10 Å². The molecule has 2 heteroatoms. The van der Waals surface area contributed by atoms with E-state index >= 15 is 0 Å². The van der Waals surface area contributed by atoms with E-state index in [0.717, 1.165) is 22.4 Å². The lowest BCUT2D eigenvalue weighted by atomic mass is 10.1. The Morgan fingerprint density at radius 3 is 2.44 bits per heavy atom. The van der Waals surface area contributed by atoms with Crippen LogP contribution in [0.4, 0.5) is 0 Å². The SMILES string of the molecule is Cc1ccc(C)c(Oc2ccccc2[C@@H](C)O)c1. The Kier molecular flexibility index (Phi) is 3.68. The molecule has 0 aromatic heterocycles. The van der Waals surface area contributed by atoms with Crippen molar-refractivity contribution in [2.75, 3.05) is 0 Å². The van der Waals surface area contributed by atoms with Crippen LogP contribution in [0.25, 0.3) is 0 Å². The predicted octanol–water partition coefficient (Wildman–Crippen LogP) is 4.15. The smallest absolute Gasteiger partial charge is 0.133 e. The molecule has 1 atom stereocenters. The molecule has 94 valence electrons. The monoisotopic (exact) mass is 242 g/mol. The van der Waals surface area contributed by atoms with Crippen LogP contribution in [0.3, 0.4) is 0 Å². The van der Waals surface area contributed by atoms with Crippen LogP contribution in [-0.2, 0) is 0 Å². The molecule has 0 amide bonds. The minimum absolute atomic E-state index is 0.536. The molecule has 0 spiro atoms. The lowest BCUT2D eigenvalue weighted by Gasteiger charge is -2.14. The van der Waals surface area contributed by atoms with Gasteiger partial charge in [-0.3, -0.25) is 0 Å². The Morgan fingerprint density at radius 2 is 1.72 bits per heavy atom. The molecule has 0 aliphatic heterocycles. The van der Waals surface area contributed by atoms with E-state index in [9.17, 15) is 5.11 Å². The van der Waals surface area contributed by atoms with Gasteiger partial charge in [0.2, 0.25) is 0 Å². The quantitative estimate of drug-likeness (QED) is 0.876. The number of rotatable bonds is 3. The van der Waals surface area contributed by atoms with Gasteiger partial charge in [0.15, 0.2) is 0 Å². The maximum Gasteiger partial charge on any atom is 0.133 e. The molecule has 18 heavy (non-hydrogen) atoms. The molecule has 2 aromatic rings. The van der Waals surface area contributed by atoms with Crippen molar-refractivity contribution in [1.82, 2.24) is 0 Å². The highest BCUT2D eigenvalue weighted by Gasteiger charge is 2.10. The van der Waals surface area contributed by atoms with Gasteiger partial charge in [0.25, 0.3) is 0 Å². The topological polar surface area (TPSA) is 29.5 Å². The maximum atomic E-state index is 9.73. The summed E-state index contributed by atoms with van der Waals surface area (Å²) < 4.78 is 5.92. The molecule has 0 heterocycles. The van der Waals surface area contributed by atoms with Crippen LogP contribution in [-0.4, -0.2) is 5.11 Å². The maximum absolute atomic E-state index is 9.73. The first kappa shape index (κ1) is 12.7. The van der Waals surface area contributed by atoms with E-state index in [1.165, 1.54) is 0 Å². The van der Waals surface area contributed by atoms with Gasteiger partial charge >= 0.3 is 0 Å². The fourth-order valence-corrected chi connectivity index (χ4v) is 1.85. The normalized spacial score (nSPS) is 12.2. The van der Waals surface area contributed by atoms with E-state index in [-0.39, 0.29) is 0 Å². The summed E-state index contributed by atoms with van der Waals surface area (Å²) in [4.78, 5) is 0. The Morgan fingerprint density at radius 1 is 1.00 bits per heavy atom. The first-order valence-electron chi connectivity index (χ1n) is 6.10. The van der Waals surface area contributed by atoms with Crippen LogP contribution in [0.2, 0.25) is 0 Å². The molecule has 0 unspecified atom stereocenters. The van der Waals surface area contributed by atoms with Crippen LogP contribution in [0.5, 0.6) is 11.5 Å². The van der Waals surface area contributed by atoms with Crippen LogP contribution >= 0.6 is 0 Å². The Balaban J connectivity index is 2.37. The van der Waals surface area contributed by atoms with Gasteiger partial charge in [0, 0.05) is 5.56 Å². The van der Waals surface area contributed by atoms with Gasteiger partial charge in [-0.15, -0.1) is 0 Å². The van der Waals surface area contributed by atoms with Crippen molar-refractivity contribution in [2.45, 2.75) is 26.9 Å². The lowest BCUT2D eigenvalue weighted by Crippen LogP contribution is -1.96. The van der Waals surface area contributed by atoms with E-state index in [1.807, 2.05) is 50.2 Å². The molecule has 0 aliphatic rings. The molecule has 0 saturated carbocycles. The Labute approximate surface area is 108 Å². The second-order valence-corrected chi connectivity index (χ2v) is 4.58. The third-order valence-electron chi connectivity index (χ3n) is 2.93. The van der Waals surface area contributed by atoms with E-state index in [4.69, 9.17) is 4.74 Å². The molecule has 2 aromatic carbocycles. The van der Waals surface area contributed by atoms with Gasteiger partial charge in [-0.2, -0.15) is 0 Å². The summed E-state index contributed by atoms with van der Waals surface area (Å²) in [6.45, 7) is 5.79. The number of aliphatic hydroxyl groups is 1. The number of ether oxygens (including phenoxy) is 1. The van der Waals surface area contributed by atoms with Gasteiger partial charge in [-0.25, -0.2) is 0 Å². The standard InChI is InChI=1S/C16H18O2/c1-11-8-9-12(2)16(10-11)18-15-7-5-4-6-14(15)13(3)17/h4-10,13,17H,1-3H3/t13-/m1/s1. The first-order chi connectivity index (χ1) is 8.58. The summed E-state index contributed by atoms with van der Waals surface area (Å²) in [7, 11) is 0. The molecule has 0 aliphatic carbocycles. The average molecular weight is 242 g/mol.